The molecule has 0 radical (unpaired) electrons. The first-order chi connectivity index (χ1) is 22.1. The van der Waals surface area contributed by atoms with Gasteiger partial charge in [-0.15, -0.1) is 0 Å². The van der Waals surface area contributed by atoms with Crippen molar-refractivity contribution in [1.29, 1.82) is 0 Å². The van der Waals surface area contributed by atoms with E-state index >= 15 is 0 Å². The Morgan fingerprint density at radius 3 is 1.30 bits per heavy atom. The maximum absolute atomic E-state index is 6.32. The molecule has 3 aromatic carbocycles. The molecule has 1 aliphatic rings. The second-order valence-electron chi connectivity index (χ2n) is 14.0. The summed E-state index contributed by atoms with van der Waals surface area (Å²) >= 11 is 0. The second kappa shape index (κ2) is 16.7. The van der Waals surface area contributed by atoms with E-state index in [4.69, 9.17) is 18.8 Å². The summed E-state index contributed by atoms with van der Waals surface area (Å²) in [5, 5.41) is 0. The van der Waals surface area contributed by atoms with Crippen LogP contribution in [0.25, 0.3) is 0 Å². The smallest absolute Gasteiger partial charge is 0.493 e. The van der Waals surface area contributed by atoms with Crippen LogP contribution in [0.5, 0.6) is 11.5 Å². The van der Waals surface area contributed by atoms with Gasteiger partial charge in [0, 0.05) is 17.1 Å². The molecular weight excluding hydrogens is 569 g/mol. The highest BCUT2D eigenvalue weighted by Gasteiger charge is 2.51. The predicted octanol–water partition coefficient (Wildman–Crippen LogP) is 10.6. The van der Waals surface area contributed by atoms with Crippen LogP contribution in [0, 0.1) is 11.8 Å². The third kappa shape index (κ3) is 9.32. The zero-order valence-electron chi connectivity index (χ0n) is 29.8. The largest absolute Gasteiger partial charge is 0.494 e. The van der Waals surface area contributed by atoms with Crippen LogP contribution >= 0.6 is 0 Å². The highest BCUT2D eigenvalue weighted by molar-refractivity contribution is 6.62. The molecule has 0 spiro atoms. The molecule has 0 bridgehead atoms. The molecule has 0 aromatic heterocycles. The number of benzene rings is 3. The van der Waals surface area contributed by atoms with Gasteiger partial charge in [-0.2, -0.15) is 0 Å². The maximum Gasteiger partial charge on any atom is 0.494 e. The summed E-state index contributed by atoms with van der Waals surface area (Å²) in [6, 6.07) is 25.5. The lowest BCUT2D eigenvalue weighted by molar-refractivity contribution is 0.00578. The van der Waals surface area contributed by atoms with Gasteiger partial charge in [-0.3, -0.25) is 0 Å². The normalized spacial score (nSPS) is 16.7. The van der Waals surface area contributed by atoms with Crippen LogP contribution in [-0.4, -0.2) is 31.5 Å². The number of hydrogen-bond donors (Lipinski definition) is 0. The molecule has 5 nitrogen and oxygen atoms in total. The minimum absolute atomic E-state index is 0.379. The van der Waals surface area contributed by atoms with Crippen molar-refractivity contribution in [1.82, 2.24) is 0 Å². The average molecular weight is 628 g/mol. The first kappa shape index (κ1) is 35.9. The molecule has 4 rings (SSSR count). The van der Waals surface area contributed by atoms with E-state index in [-0.39, 0.29) is 11.2 Å². The molecular formula is C40H58BNO4. The number of rotatable bonds is 18. The Bertz CT molecular complexity index is 1230. The van der Waals surface area contributed by atoms with Gasteiger partial charge in [0.05, 0.1) is 24.4 Å². The molecule has 0 saturated carbocycles. The van der Waals surface area contributed by atoms with Crippen LogP contribution in [0.3, 0.4) is 0 Å². The number of unbranched alkanes of at least 4 members (excludes halogenated alkanes) is 2. The molecule has 6 heteroatoms. The summed E-state index contributed by atoms with van der Waals surface area (Å²) in [6.07, 6.45) is 9.69. The maximum atomic E-state index is 6.32. The van der Waals surface area contributed by atoms with Gasteiger partial charge in [0.1, 0.15) is 11.5 Å². The van der Waals surface area contributed by atoms with Gasteiger partial charge in [-0.05, 0) is 118 Å². The van der Waals surface area contributed by atoms with Gasteiger partial charge in [0.25, 0.3) is 0 Å². The standard InChI is InChI=1S/C40H58BNO4/c1-9-13-15-31(11-3)29-43-37-25-21-35(22-26-37)42(36-23-27-38(28-24-36)44-30-32(12-4)16-14-10-2)34-19-17-33(18-20-34)41-45-39(5,6)40(7,8)46-41/h17-28,31-32H,9-16,29-30H2,1-8H3. The fourth-order valence-corrected chi connectivity index (χ4v) is 5.81. The van der Waals surface area contributed by atoms with Crippen molar-refractivity contribution in [2.75, 3.05) is 18.1 Å². The molecule has 1 aliphatic heterocycles. The summed E-state index contributed by atoms with van der Waals surface area (Å²) in [5.41, 5.74) is 3.43. The van der Waals surface area contributed by atoms with Gasteiger partial charge >= 0.3 is 7.12 Å². The molecule has 0 aliphatic carbocycles. The number of nitrogens with zero attached hydrogens (tertiary/aromatic N) is 1. The minimum atomic E-state index is -0.395. The Kier molecular flexibility index (Phi) is 13.1. The molecule has 0 amide bonds. The van der Waals surface area contributed by atoms with Crippen LogP contribution in [-0.2, 0) is 9.31 Å². The van der Waals surface area contributed by atoms with Gasteiger partial charge < -0.3 is 23.7 Å². The summed E-state index contributed by atoms with van der Waals surface area (Å²) in [6.45, 7) is 18.9. The Hall–Kier alpha value is -2.96. The van der Waals surface area contributed by atoms with Crippen molar-refractivity contribution in [3.05, 3.63) is 72.8 Å². The first-order valence-electron chi connectivity index (χ1n) is 17.8. The zero-order valence-corrected chi connectivity index (χ0v) is 29.8. The Morgan fingerprint density at radius 1 is 0.587 bits per heavy atom. The van der Waals surface area contributed by atoms with Crippen LogP contribution in [0.2, 0.25) is 0 Å². The van der Waals surface area contributed by atoms with E-state index in [0.29, 0.717) is 11.8 Å². The number of anilines is 3. The fourth-order valence-electron chi connectivity index (χ4n) is 5.81. The zero-order chi connectivity index (χ0) is 33.2. The number of ether oxygens (including phenoxy) is 2. The summed E-state index contributed by atoms with van der Waals surface area (Å²) in [4.78, 5) is 2.27. The lowest BCUT2D eigenvalue weighted by atomic mass is 9.79. The van der Waals surface area contributed by atoms with Crippen molar-refractivity contribution < 1.29 is 18.8 Å². The average Bonchev–Trinajstić information content (AvgIpc) is 3.29. The second-order valence-corrected chi connectivity index (χ2v) is 14.0. The topological polar surface area (TPSA) is 40.2 Å². The van der Waals surface area contributed by atoms with Crippen molar-refractivity contribution in [3.8, 4) is 11.5 Å². The van der Waals surface area contributed by atoms with Crippen molar-refractivity contribution in [3.63, 3.8) is 0 Å². The van der Waals surface area contributed by atoms with Crippen molar-refractivity contribution >= 4 is 29.6 Å². The Balaban J connectivity index is 1.55. The summed E-state index contributed by atoms with van der Waals surface area (Å²) in [5.74, 6) is 3.01. The predicted molar refractivity (Wildman–Crippen MR) is 194 cm³/mol. The van der Waals surface area contributed by atoms with Crippen LogP contribution in [0.15, 0.2) is 72.8 Å². The molecule has 1 heterocycles. The SMILES string of the molecule is CCCCC(CC)COc1ccc(N(c2ccc(OCC(CC)CCCC)cc2)c2ccc(B3OC(C)(C)C(C)(C)O3)cc2)cc1. The van der Waals surface area contributed by atoms with Gasteiger partial charge in [0.2, 0.25) is 0 Å². The highest BCUT2D eigenvalue weighted by Crippen LogP contribution is 2.38. The first-order valence-corrected chi connectivity index (χ1v) is 17.8. The fraction of sp³-hybridized carbons (Fsp3) is 0.550. The van der Waals surface area contributed by atoms with E-state index in [1.54, 1.807) is 0 Å². The number of hydrogen-bond acceptors (Lipinski definition) is 5. The van der Waals surface area contributed by atoms with Crippen LogP contribution in [0.4, 0.5) is 17.1 Å². The van der Waals surface area contributed by atoms with Gasteiger partial charge in [-0.25, -0.2) is 0 Å². The molecule has 46 heavy (non-hydrogen) atoms. The van der Waals surface area contributed by atoms with Crippen molar-refractivity contribution in [2.45, 2.75) is 118 Å². The van der Waals surface area contributed by atoms with Crippen LogP contribution < -0.4 is 19.8 Å². The highest BCUT2D eigenvalue weighted by atomic mass is 16.7. The summed E-state index contributed by atoms with van der Waals surface area (Å²) in [7, 11) is -0.395. The molecule has 2 atom stereocenters. The third-order valence-electron chi connectivity index (χ3n) is 9.92. The van der Waals surface area contributed by atoms with E-state index in [1.165, 1.54) is 38.5 Å². The lowest BCUT2D eigenvalue weighted by Gasteiger charge is -2.32. The van der Waals surface area contributed by atoms with E-state index in [0.717, 1.165) is 60.1 Å². The monoisotopic (exact) mass is 627 g/mol. The van der Waals surface area contributed by atoms with E-state index in [1.807, 2.05) is 0 Å². The molecule has 1 saturated heterocycles. The van der Waals surface area contributed by atoms with E-state index in [2.05, 4.69) is 133 Å². The Labute approximate surface area is 280 Å². The molecule has 2 unspecified atom stereocenters. The van der Waals surface area contributed by atoms with Crippen molar-refractivity contribution in [2.24, 2.45) is 11.8 Å². The third-order valence-corrected chi connectivity index (χ3v) is 9.92. The van der Waals surface area contributed by atoms with E-state index in [9.17, 15) is 0 Å². The quantitative estimate of drug-likeness (QED) is 0.131. The lowest BCUT2D eigenvalue weighted by Crippen LogP contribution is -2.41. The summed E-state index contributed by atoms with van der Waals surface area (Å²) < 4.78 is 25.1. The molecule has 0 N–H and O–H groups in total. The molecule has 3 aromatic rings. The molecule has 1 fully saturated rings. The minimum Gasteiger partial charge on any atom is -0.493 e. The molecule has 250 valence electrons. The van der Waals surface area contributed by atoms with Gasteiger partial charge in [0.15, 0.2) is 0 Å². The Morgan fingerprint density at radius 2 is 0.957 bits per heavy atom. The van der Waals surface area contributed by atoms with Gasteiger partial charge in [-0.1, -0.05) is 78.4 Å². The van der Waals surface area contributed by atoms with E-state index < -0.39 is 7.12 Å². The van der Waals surface area contributed by atoms with Crippen LogP contribution in [0.1, 0.15) is 107 Å².